The van der Waals surface area contributed by atoms with E-state index in [-0.39, 0.29) is 12.3 Å². The molecule has 1 aliphatic rings. The highest BCUT2D eigenvalue weighted by Crippen LogP contribution is 2.27. The van der Waals surface area contributed by atoms with Gasteiger partial charge in [0, 0.05) is 11.9 Å². The number of aliphatic imine (C=N–C) groups is 1. The molecular weight excluding hydrogens is 314 g/mol. The molecule has 0 saturated heterocycles. The Morgan fingerprint density at radius 1 is 1.26 bits per heavy atom. The van der Waals surface area contributed by atoms with Crippen LogP contribution in [-0.2, 0) is 11.3 Å². The molecule has 1 atom stereocenters. The molecule has 3 rings (SSSR count). The Hall–Kier alpha value is -2.38. The summed E-state index contributed by atoms with van der Waals surface area (Å²) < 4.78 is 0. The molecule has 1 amide bonds. The second kappa shape index (κ2) is 6.80. The average Bonchev–Trinajstić information content (AvgIpc) is 3.05. The van der Waals surface area contributed by atoms with Crippen LogP contribution in [-0.4, -0.2) is 43.1 Å². The lowest BCUT2D eigenvalue weighted by molar-refractivity contribution is -0.168. The van der Waals surface area contributed by atoms with Gasteiger partial charge < -0.3 is 5.11 Å². The number of carbonyl (C=O) groups excluding carboxylic acids is 1. The van der Waals surface area contributed by atoms with E-state index in [9.17, 15) is 15.1 Å². The Bertz CT molecular complexity index is 736. The van der Waals surface area contributed by atoms with E-state index in [2.05, 4.69) is 9.98 Å². The van der Waals surface area contributed by atoms with E-state index in [1.165, 1.54) is 17.8 Å². The number of hydroxylamine groups is 2. The summed E-state index contributed by atoms with van der Waals surface area (Å²) in [5.41, 5.74) is 1.20. The van der Waals surface area contributed by atoms with Crippen molar-refractivity contribution in [2.24, 2.45) is 4.99 Å². The molecule has 0 radical (unpaired) electrons. The Balaban J connectivity index is 1.70. The summed E-state index contributed by atoms with van der Waals surface area (Å²) in [7, 11) is 0. The second-order valence-electron chi connectivity index (χ2n) is 5.01. The summed E-state index contributed by atoms with van der Waals surface area (Å²) in [6.07, 6.45) is 1.56. The number of aromatic nitrogens is 1. The molecule has 6 nitrogen and oxygen atoms in total. The average molecular weight is 329 g/mol. The highest BCUT2D eigenvalue weighted by atomic mass is 32.2. The molecule has 1 aliphatic heterocycles. The lowest BCUT2D eigenvalue weighted by Gasteiger charge is -2.17. The van der Waals surface area contributed by atoms with Crippen LogP contribution in [0.1, 0.15) is 11.3 Å². The van der Waals surface area contributed by atoms with Crippen molar-refractivity contribution >= 4 is 22.7 Å². The normalized spacial score (nSPS) is 16.9. The van der Waals surface area contributed by atoms with Gasteiger partial charge in [0.05, 0.1) is 6.54 Å². The van der Waals surface area contributed by atoms with Gasteiger partial charge in [-0.15, -0.1) is 11.8 Å². The molecule has 2 N–H and O–H groups in total. The first-order valence-corrected chi connectivity index (χ1v) is 8.03. The lowest BCUT2D eigenvalue weighted by atomic mass is 10.2. The van der Waals surface area contributed by atoms with Crippen molar-refractivity contribution in [1.82, 2.24) is 10.0 Å². The topological polar surface area (TPSA) is 86.0 Å². The molecular formula is C16H15N3O3S. The van der Waals surface area contributed by atoms with Crippen LogP contribution in [0.25, 0.3) is 0 Å². The van der Waals surface area contributed by atoms with Crippen molar-refractivity contribution in [2.75, 3.05) is 5.75 Å². The van der Waals surface area contributed by atoms with Crippen molar-refractivity contribution in [2.45, 2.75) is 12.6 Å². The molecule has 1 aromatic carbocycles. The van der Waals surface area contributed by atoms with Crippen LogP contribution in [0, 0.1) is 0 Å². The van der Waals surface area contributed by atoms with E-state index in [0.717, 1.165) is 5.56 Å². The Kier molecular flexibility index (Phi) is 4.59. The minimum absolute atomic E-state index is 0.0250. The van der Waals surface area contributed by atoms with Crippen molar-refractivity contribution in [3.8, 4) is 5.75 Å². The highest BCUT2D eigenvalue weighted by Gasteiger charge is 2.30. The highest BCUT2D eigenvalue weighted by molar-refractivity contribution is 8.14. The van der Waals surface area contributed by atoms with Crippen LogP contribution in [0.15, 0.2) is 53.7 Å². The number of aromatic hydroxyl groups is 1. The number of rotatable bonds is 4. The second-order valence-corrected chi connectivity index (χ2v) is 6.02. The number of hydrogen-bond acceptors (Lipinski definition) is 6. The lowest BCUT2D eigenvalue weighted by Crippen LogP contribution is -2.35. The number of benzene rings is 1. The van der Waals surface area contributed by atoms with E-state index in [4.69, 9.17) is 0 Å². The van der Waals surface area contributed by atoms with Gasteiger partial charge in [0.25, 0.3) is 5.91 Å². The van der Waals surface area contributed by atoms with E-state index >= 15 is 0 Å². The third kappa shape index (κ3) is 3.52. The number of thioether (sulfide) groups is 1. The summed E-state index contributed by atoms with van der Waals surface area (Å²) in [4.78, 5) is 20.6. The Labute approximate surface area is 137 Å². The summed E-state index contributed by atoms with van der Waals surface area (Å²) in [5, 5.41) is 21.0. The van der Waals surface area contributed by atoms with Crippen LogP contribution in [0.4, 0.5) is 0 Å². The first-order valence-electron chi connectivity index (χ1n) is 7.04. The molecule has 2 heterocycles. The summed E-state index contributed by atoms with van der Waals surface area (Å²) in [6.45, 7) is 0.112. The van der Waals surface area contributed by atoms with Crippen molar-refractivity contribution < 1.29 is 15.1 Å². The molecule has 0 spiro atoms. The molecule has 1 unspecified atom stereocenters. The van der Waals surface area contributed by atoms with Gasteiger partial charge in [-0.3, -0.25) is 20.0 Å². The summed E-state index contributed by atoms with van der Waals surface area (Å²) in [5.74, 6) is -0.0282. The smallest absolute Gasteiger partial charge is 0.271 e. The zero-order chi connectivity index (χ0) is 16.2. The van der Waals surface area contributed by atoms with Crippen LogP contribution in [0.5, 0.6) is 5.75 Å². The maximum Gasteiger partial charge on any atom is 0.271 e. The Morgan fingerprint density at radius 2 is 2.04 bits per heavy atom. The van der Waals surface area contributed by atoms with Crippen molar-refractivity contribution in [3.05, 3.63) is 59.9 Å². The fraction of sp³-hybridized carbons (Fsp3) is 0.188. The zero-order valence-corrected chi connectivity index (χ0v) is 13.0. The first-order chi connectivity index (χ1) is 11.1. The summed E-state index contributed by atoms with van der Waals surface area (Å²) in [6, 6.07) is 11.7. The van der Waals surface area contributed by atoms with Gasteiger partial charge in [-0.2, -0.15) is 0 Å². The van der Waals surface area contributed by atoms with Gasteiger partial charge in [-0.1, -0.05) is 30.3 Å². The molecule has 23 heavy (non-hydrogen) atoms. The van der Waals surface area contributed by atoms with Crippen LogP contribution >= 0.6 is 11.8 Å². The maximum absolute atomic E-state index is 12.3. The predicted octanol–water partition coefficient (Wildman–Crippen LogP) is 2.07. The fourth-order valence-electron chi connectivity index (χ4n) is 2.20. The standard InChI is InChI=1S/C16H15N3O3S/c20-13-7-4-8-17-14(13)15-18-12(10-23-15)16(21)19(22)9-11-5-2-1-3-6-11/h1-8,12,20,22H,9-10H2. The minimum atomic E-state index is -0.676. The molecule has 0 aliphatic carbocycles. The third-order valence-electron chi connectivity index (χ3n) is 3.35. The molecule has 118 valence electrons. The quantitative estimate of drug-likeness (QED) is 0.662. The number of nitrogens with zero attached hydrogens (tertiary/aromatic N) is 3. The van der Waals surface area contributed by atoms with Crippen LogP contribution < -0.4 is 0 Å². The minimum Gasteiger partial charge on any atom is -0.506 e. The Morgan fingerprint density at radius 3 is 2.78 bits per heavy atom. The SMILES string of the molecule is O=C(C1CSC(c2ncccc2O)=N1)N(O)Cc1ccccc1. The summed E-state index contributed by atoms with van der Waals surface area (Å²) >= 11 is 1.34. The predicted molar refractivity (Wildman–Crippen MR) is 87.5 cm³/mol. The van der Waals surface area contributed by atoms with Gasteiger partial charge in [0.1, 0.15) is 22.5 Å². The molecule has 1 aromatic heterocycles. The third-order valence-corrected chi connectivity index (χ3v) is 4.41. The van der Waals surface area contributed by atoms with Gasteiger partial charge in [0.2, 0.25) is 0 Å². The van der Waals surface area contributed by atoms with Crippen molar-refractivity contribution in [3.63, 3.8) is 0 Å². The van der Waals surface area contributed by atoms with Gasteiger partial charge in [-0.25, -0.2) is 5.06 Å². The van der Waals surface area contributed by atoms with E-state index < -0.39 is 11.9 Å². The van der Waals surface area contributed by atoms with E-state index in [1.807, 2.05) is 30.3 Å². The first kappa shape index (κ1) is 15.5. The maximum atomic E-state index is 12.3. The largest absolute Gasteiger partial charge is 0.506 e. The van der Waals surface area contributed by atoms with E-state index in [1.54, 1.807) is 12.3 Å². The molecule has 0 fully saturated rings. The van der Waals surface area contributed by atoms with Gasteiger partial charge >= 0.3 is 0 Å². The molecule has 0 saturated carbocycles. The molecule has 7 heteroatoms. The number of hydrogen-bond donors (Lipinski definition) is 2. The van der Waals surface area contributed by atoms with Crippen molar-refractivity contribution in [1.29, 1.82) is 0 Å². The number of amides is 1. The fourth-order valence-corrected chi connectivity index (χ4v) is 3.23. The molecule has 2 aromatic rings. The van der Waals surface area contributed by atoms with Crippen LogP contribution in [0.2, 0.25) is 0 Å². The van der Waals surface area contributed by atoms with Gasteiger partial charge in [-0.05, 0) is 17.7 Å². The number of pyridine rings is 1. The monoisotopic (exact) mass is 329 g/mol. The zero-order valence-electron chi connectivity index (χ0n) is 12.2. The molecule has 0 bridgehead atoms. The van der Waals surface area contributed by atoms with E-state index in [0.29, 0.717) is 21.6 Å². The number of carbonyl (C=O) groups is 1. The van der Waals surface area contributed by atoms with Crippen LogP contribution in [0.3, 0.4) is 0 Å². The van der Waals surface area contributed by atoms with Gasteiger partial charge in [0.15, 0.2) is 0 Å².